The topological polar surface area (TPSA) is 85.1 Å². The Balaban J connectivity index is 1.83. The molecule has 2 aliphatic rings. The first-order valence-corrected chi connectivity index (χ1v) is 7.78. The number of hydrogen-bond acceptors (Lipinski definition) is 4. The van der Waals surface area contributed by atoms with Crippen LogP contribution in [-0.4, -0.2) is 19.4 Å². The largest absolute Gasteiger partial charge is 0.398 e. The van der Waals surface area contributed by atoms with Gasteiger partial charge in [0.2, 0.25) is 10.0 Å². The predicted molar refractivity (Wildman–Crippen MR) is 68.2 cm³/mol. The minimum atomic E-state index is -3.54. The zero-order valence-corrected chi connectivity index (χ0v) is 10.9. The van der Waals surface area contributed by atoms with Crippen LogP contribution in [0.15, 0.2) is 23.4 Å². The summed E-state index contributed by atoms with van der Waals surface area (Å²) in [5.74, 6) is 1.04. The van der Waals surface area contributed by atoms with E-state index in [1.165, 1.54) is 18.5 Å². The molecule has 18 heavy (non-hydrogen) atoms. The molecule has 3 N–H and O–H groups in total. The summed E-state index contributed by atoms with van der Waals surface area (Å²) in [5.41, 5.74) is 5.96. The second-order valence-electron chi connectivity index (χ2n) is 5.24. The normalized spacial score (nSPS) is 20.3. The average molecular weight is 267 g/mol. The van der Waals surface area contributed by atoms with Crippen molar-refractivity contribution >= 4 is 15.7 Å². The van der Waals surface area contributed by atoms with Crippen LogP contribution in [0.1, 0.15) is 25.7 Å². The van der Waals surface area contributed by atoms with Gasteiger partial charge in [-0.1, -0.05) is 0 Å². The first kappa shape index (κ1) is 11.9. The zero-order valence-electron chi connectivity index (χ0n) is 10.0. The lowest BCUT2D eigenvalue weighted by Crippen LogP contribution is -2.38. The van der Waals surface area contributed by atoms with E-state index in [0.717, 1.165) is 25.7 Å². The SMILES string of the molecule is Nc1ccncc1S(=O)(=O)NC(C1CC1)C1CC1. The zero-order chi connectivity index (χ0) is 12.8. The number of pyridine rings is 1. The fraction of sp³-hybridized carbons (Fsp3) is 0.583. The number of aromatic nitrogens is 1. The Hall–Kier alpha value is -1.14. The molecule has 2 fully saturated rings. The smallest absolute Gasteiger partial charge is 0.244 e. The number of sulfonamides is 1. The van der Waals surface area contributed by atoms with Crippen LogP contribution in [0, 0.1) is 11.8 Å². The molecule has 0 unspecified atom stereocenters. The van der Waals surface area contributed by atoms with E-state index >= 15 is 0 Å². The maximum Gasteiger partial charge on any atom is 0.244 e. The molecule has 0 amide bonds. The van der Waals surface area contributed by atoms with Crippen LogP contribution in [0.2, 0.25) is 0 Å². The molecule has 5 nitrogen and oxygen atoms in total. The molecule has 0 radical (unpaired) electrons. The Morgan fingerprint density at radius 3 is 2.39 bits per heavy atom. The van der Waals surface area contributed by atoms with Crippen LogP contribution in [0.4, 0.5) is 5.69 Å². The van der Waals surface area contributed by atoms with Gasteiger partial charge >= 0.3 is 0 Å². The van der Waals surface area contributed by atoms with Gasteiger partial charge in [-0.05, 0) is 43.6 Å². The number of nitrogens with zero attached hydrogens (tertiary/aromatic N) is 1. The molecule has 0 aromatic carbocycles. The molecule has 1 aromatic rings. The Bertz CT molecular complexity index is 538. The molecule has 2 saturated carbocycles. The lowest BCUT2D eigenvalue weighted by atomic mass is 10.1. The molecule has 0 saturated heterocycles. The van der Waals surface area contributed by atoms with E-state index in [1.807, 2.05) is 0 Å². The van der Waals surface area contributed by atoms with Crippen LogP contribution in [0.5, 0.6) is 0 Å². The molecule has 98 valence electrons. The highest BCUT2D eigenvalue weighted by atomic mass is 32.2. The van der Waals surface area contributed by atoms with Gasteiger partial charge in [0, 0.05) is 18.4 Å². The van der Waals surface area contributed by atoms with Crippen molar-refractivity contribution < 1.29 is 8.42 Å². The monoisotopic (exact) mass is 267 g/mol. The van der Waals surface area contributed by atoms with Crippen molar-refractivity contribution in [3.8, 4) is 0 Å². The maximum atomic E-state index is 12.3. The minimum Gasteiger partial charge on any atom is -0.398 e. The number of hydrogen-bond donors (Lipinski definition) is 2. The van der Waals surface area contributed by atoms with Gasteiger partial charge in [0.05, 0.1) is 5.69 Å². The molecule has 6 heteroatoms. The molecule has 3 rings (SSSR count). The van der Waals surface area contributed by atoms with Crippen molar-refractivity contribution in [2.75, 3.05) is 5.73 Å². The Morgan fingerprint density at radius 1 is 1.28 bits per heavy atom. The van der Waals surface area contributed by atoms with Crippen molar-refractivity contribution in [3.05, 3.63) is 18.5 Å². The standard InChI is InChI=1S/C12H17N3O2S/c13-10-5-6-14-7-11(10)18(16,17)15-12(8-1-2-8)9-3-4-9/h5-9,12,15H,1-4H2,(H2,13,14). The lowest BCUT2D eigenvalue weighted by Gasteiger charge is -2.18. The third-order valence-corrected chi connectivity index (χ3v) is 5.16. The summed E-state index contributed by atoms with van der Waals surface area (Å²) < 4.78 is 27.4. The second kappa shape index (κ2) is 4.20. The summed E-state index contributed by atoms with van der Waals surface area (Å²) in [5, 5.41) is 0. The molecule has 0 aliphatic heterocycles. The number of nitrogens with one attached hydrogen (secondary N) is 1. The molecule has 1 heterocycles. The third kappa shape index (κ3) is 2.35. The van der Waals surface area contributed by atoms with Gasteiger partial charge < -0.3 is 5.73 Å². The van der Waals surface area contributed by atoms with Crippen LogP contribution in [0.3, 0.4) is 0 Å². The van der Waals surface area contributed by atoms with E-state index < -0.39 is 10.0 Å². The van der Waals surface area contributed by atoms with Crippen molar-refractivity contribution in [3.63, 3.8) is 0 Å². The number of nitrogen functional groups attached to an aromatic ring is 1. The molecular formula is C12H17N3O2S. The van der Waals surface area contributed by atoms with Crippen molar-refractivity contribution in [2.45, 2.75) is 36.6 Å². The maximum absolute atomic E-state index is 12.3. The summed E-state index contributed by atoms with van der Waals surface area (Å²) >= 11 is 0. The van der Waals surface area contributed by atoms with Crippen LogP contribution in [0.25, 0.3) is 0 Å². The van der Waals surface area contributed by atoms with E-state index in [4.69, 9.17) is 5.73 Å². The molecule has 0 atom stereocenters. The predicted octanol–water partition coefficient (Wildman–Crippen LogP) is 1.13. The van der Waals surface area contributed by atoms with Gasteiger partial charge in [0.25, 0.3) is 0 Å². The Morgan fingerprint density at radius 2 is 1.89 bits per heavy atom. The van der Waals surface area contributed by atoms with Crippen molar-refractivity contribution in [2.24, 2.45) is 11.8 Å². The summed E-state index contributed by atoms with van der Waals surface area (Å²) in [4.78, 5) is 3.93. The van der Waals surface area contributed by atoms with Crippen LogP contribution < -0.4 is 10.5 Å². The van der Waals surface area contributed by atoms with E-state index in [0.29, 0.717) is 11.8 Å². The van der Waals surface area contributed by atoms with E-state index in [1.54, 1.807) is 0 Å². The van der Waals surface area contributed by atoms with Gasteiger partial charge in [0.15, 0.2) is 0 Å². The molecule has 0 bridgehead atoms. The molecule has 1 aromatic heterocycles. The Labute approximate surface area is 107 Å². The molecular weight excluding hydrogens is 250 g/mol. The first-order chi connectivity index (χ1) is 8.58. The van der Waals surface area contributed by atoms with Gasteiger partial charge in [-0.3, -0.25) is 4.98 Å². The summed E-state index contributed by atoms with van der Waals surface area (Å²) in [7, 11) is -3.54. The summed E-state index contributed by atoms with van der Waals surface area (Å²) in [6.45, 7) is 0. The van der Waals surface area contributed by atoms with E-state index in [9.17, 15) is 8.42 Å². The van der Waals surface area contributed by atoms with Crippen molar-refractivity contribution in [1.82, 2.24) is 9.71 Å². The number of anilines is 1. The fourth-order valence-electron chi connectivity index (χ4n) is 2.35. The number of rotatable bonds is 5. The molecule has 0 spiro atoms. The van der Waals surface area contributed by atoms with Crippen LogP contribution in [-0.2, 0) is 10.0 Å². The average Bonchev–Trinajstić information content (AvgIpc) is 3.17. The Kier molecular flexibility index (Phi) is 2.79. The van der Waals surface area contributed by atoms with Crippen molar-refractivity contribution in [1.29, 1.82) is 0 Å². The third-order valence-electron chi connectivity index (χ3n) is 3.66. The fourth-order valence-corrected chi connectivity index (χ4v) is 3.79. The summed E-state index contributed by atoms with van der Waals surface area (Å²) in [6.07, 6.45) is 7.33. The van der Waals surface area contributed by atoms with E-state index in [2.05, 4.69) is 9.71 Å². The highest BCUT2D eigenvalue weighted by molar-refractivity contribution is 7.89. The first-order valence-electron chi connectivity index (χ1n) is 6.30. The lowest BCUT2D eigenvalue weighted by molar-refractivity contribution is 0.471. The van der Waals surface area contributed by atoms with E-state index in [-0.39, 0.29) is 16.6 Å². The highest BCUT2D eigenvalue weighted by Gasteiger charge is 2.43. The van der Waals surface area contributed by atoms with Gasteiger partial charge in [-0.25, -0.2) is 13.1 Å². The molecule has 2 aliphatic carbocycles. The quantitative estimate of drug-likeness (QED) is 0.837. The van der Waals surface area contributed by atoms with Gasteiger partial charge in [0.1, 0.15) is 4.90 Å². The highest BCUT2D eigenvalue weighted by Crippen LogP contribution is 2.45. The summed E-state index contributed by atoms with van der Waals surface area (Å²) in [6, 6.07) is 1.60. The minimum absolute atomic E-state index is 0.0922. The van der Waals surface area contributed by atoms with Gasteiger partial charge in [-0.15, -0.1) is 0 Å². The van der Waals surface area contributed by atoms with Gasteiger partial charge in [-0.2, -0.15) is 0 Å². The second-order valence-corrected chi connectivity index (χ2v) is 6.92. The number of nitrogens with two attached hydrogens (primary N) is 1. The van der Waals surface area contributed by atoms with Crippen LogP contribution >= 0.6 is 0 Å².